The Balaban J connectivity index is 1.44. The van der Waals surface area contributed by atoms with Crippen LogP contribution in [-0.2, 0) is 0 Å². The zero-order valence-corrected chi connectivity index (χ0v) is 20.8. The number of methoxy groups -OCH3 is 1. The fourth-order valence-corrected chi connectivity index (χ4v) is 4.40. The molecule has 0 unspecified atom stereocenters. The van der Waals surface area contributed by atoms with Crippen molar-refractivity contribution in [3.05, 3.63) is 109 Å². The average molecular weight is 515 g/mol. The highest BCUT2D eigenvalue weighted by Gasteiger charge is 2.19. The number of rotatable bonds is 6. The van der Waals surface area contributed by atoms with Gasteiger partial charge in [-0.25, -0.2) is 9.97 Å². The van der Waals surface area contributed by atoms with Crippen molar-refractivity contribution in [3.8, 4) is 17.4 Å². The standard InChI is InChI=1S/C30H22N6O3/c1-39-22-13-11-21(12-14-22)33-29(38)24-17-19-7-2-4-9-23(19)27(28(24)37)35-34-26-18-20-8-3-5-10-25(20)36(26)30-31-15-6-16-32-30/h2-18,37H,1H3,(H,33,38). The Morgan fingerprint density at radius 1 is 0.872 bits per heavy atom. The Hall–Kier alpha value is -5.57. The number of aromatic nitrogens is 3. The van der Waals surface area contributed by atoms with Gasteiger partial charge in [-0.05, 0) is 53.9 Å². The Morgan fingerprint density at radius 2 is 1.59 bits per heavy atom. The number of nitrogens with zero attached hydrogens (tertiary/aromatic N) is 5. The van der Waals surface area contributed by atoms with E-state index < -0.39 is 5.91 Å². The van der Waals surface area contributed by atoms with E-state index in [0.29, 0.717) is 28.6 Å². The smallest absolute Gasteiger partial charge is 0.259 e. The highest BCUT2D eigenvalue weighted by molar-refractivity contribution is 6.11. The molecule has 2 aromatic heterocycles. The monoisotopic (exact) mass is 514 g/mol. The van der Waals surface area contributed by atoms with Gasteiger partial charge in [-0.1, -0.05) is 42.5 Å². The number of benzene rings is 4. The largest absolute Gasteiger partial charge is 0.505 e. The number of aromatic hydroxyl groups is 1. The van der Waals surface area contributed by atoms with Gasteiger partial charge in [-0.2, -0.15) is 0 Å². The third kappa shape index (κ3) is 4.53. The molecule has 0 radical (unpaired) electrons. The van der Waals surface area contributed by atoms with Crippen LogP contribution >= 0.6 is 0 Å². The van der Waals surface area contributed by atoms with E-state index >= 15 is 0 Å². The maximum absolute atomic E-state index is 13.2. The van der Waals surface area contributed by atoms with Crippen molar-refractivity contribution in [2.45, 2.75) is 0 Å². The first-order valence-corrected chi connectivity index (χ1v) is 12.1. The van der Waals surface area contributed by atoms with Gasteiger partial charge in [0.05, 0.1) is 18.2 Å². The number of para-hydroxylation sites is 1. The fourth-order valence-electron chi connectivity index (χ4n) is 4.40. The van der Waals surface area contributed by atoms with Gasteiger partial charge >= 0.3 is 0 Å². The molecule has 0 fully saturated rings. The van der Waals surface area contributed by atoms with E-state index in [2.05, 4.69) is 25.5 Å². The molecule has 2 heterocycles. The Bertz CT molecular complexity index is 1850. The van der Waals surface area contributed by atoms with Gasteiger partial charge in [-0.15, -0.1) is 10.2 Å². The number of amides is 1. The number of ether oxygens (including phenoxy) is 1. The van der Waals surface area contributed by atoms with Gasteiger partial charge < -0.3 is 15.2 Å². The second kappa shape index (κ2) is 10.1. The lowest BCUT2D eigenvalue weighted by molar-refractivity contribution is 0.102. The van der Waals surface area contributed by atoms with E-state index in [1.54, 1.807) is 60.5 Å². The molecule has 1 amide bonds. The Kier molecular flexibility index (Phi) is 6.14. The van der Waals surface area contributed by atoms with Gasteiger partial charge in [0.1, 0.15) is 11.4 Å². The fraction of sp³-hybridized carbons (Fsp3) is 0.0333. The molecule has 190 valence electrons. The topological polar surface area (TPSA) is 114 Å². The van der Waals surface area contributed by atoms with E-state index in [4.69, 9.17) is 4.74 Å². The molecule has 0 saturated heterocycles. The lowest BCUT2D eigenvalue weighted by Crippen LogP contribution is -2.12. The summed E-state index contributed by atoms with van der Waals surface area (Å²) in [6.07, 6.45) is 3.31. The van der Waals surface area contributed by atoms with E-state index in [0.717, 1.165) is 16.3 Å². The molecule has 39 heavy (non-hydrogen) atoms. The van der Waals surface area contributed by atoms with Crippen molar-refractivity contribution >= 4 is 44.8 Å². The van der Waals surface area contributed by atoms with Gasteiger partial charge in [0.15, 0.2) is 11.6 Å². The molecular formula is C30H22N6O3. The number of hydrogen-bond acceptors (Lipinski definition) is 7. The van der Waals surface area contributed by atoms with Crippen molar-refractivity contribution in [2.24, 2.45) is 10.2 Å². The van der Waals surface area contributed by atoms with Crippen LogP contribution in [0.15, 0.2) is 114 Å². The van der Waals surface area contributed by atoms with Crippen molar-refractivity contribution in [1.82, 2.24) is 14.5 Å². The van der Waals surface area contributed by atoms with Crippen LogP contribution in [-0.4, -0.2) is 32.7 Å². The van der Waals surface area contributed by atoms with Gasteiger partial charge in [0.2, 0.25) is 5.95 Å². The zero-order valence-electron chi connectivity index (χ0n) is 20.8. The summed E-state index contributed by atoms with van der Waals surface area (Å²) in [6.45, 7) is 0. The Morgan fingerprint density at radius 3 is 2.36 bits per heavy atom. The van der Waals surface area contributed by atoms with E-state index in [1.165, 1.54) is 0 Å². The molecule has 9 nitrogen and oxygen atoms in total. The highest BCUT2D eigenvalue weighted by atomic mass is 16.5. The summed E-state index contributed by atoms with van der Waals surface area (Å²) in [5.74, 6) is 0.824. The first kappa shape index (κ1) is 23.8. The van der Waals surface area contributed by atoms with E-state index in [9.17, 15) is 9.90 Å². The number of phenols is 1. The lowest BCUT2D eigenvalue weighted by Gasteiger charge is -2.11. The van der Waals surface area contributed by atoms with Crippen molar-refractivity contribution < 1.29 is 14.6 Å². The molecule has 0 aliphatic heterocycles. The number of hydrogen-bond donors (Lipinski definition) is 2. The number of carbonyl (C=O) groups excluding carboxylic acids is 1. The van der Waals surface area contributed by atoms with Crippen LogP contribution in [0.5, 0.6) is 11.5 Å². The summed E-state index contributed by atoms with van der Waals surface area (Å²) >= 11 is 0. The maximum Gasteiger partial charge on any atom is 0.259 e. The normalized spacial score (nSPS) is 11.3. The van der Waals surface area contributed by atoms with Gasteiger partial charge in [-0.3, -0.25) is 9.36 Å². The third-order valence-electron chi connectivity index (χ3n) is 6.28. The van der Waals surface area contributed by atoms with Gasteiger partial charge in [0.25, 0.3) is 5.91 Å². The summed E-state index contributed by atoms with van der Waals surface area (Å²) in [5.41, 5.74) is 1.67. The predicted octanol–water partition coefficient (Wildman–Crippen LogP) is 6.96. The van der Waals surface area contributed by atoms with Crippen molar-refractivity contribution in [2.75, 3.05) is 12.4 Å². The minimum absolute atomic E-state index is 0.0744. The molecule has 4 aromatic carbocycles. The van der Waals surface area contributed by atoms with E-state index in [1.807, 2.05) is 54.6 Å². The molecule has 9 heteroatoms. The summed E-state index contributed by atoms with van der Waals surface area (Å²) in [4.78, 5) is 22.0. The quantitative estimate of drug-likeness (QED) is 0.233. The van der Waals surface area contributed by atoms with Gasteiger partial charge in [0, 0.05) is 28.9 Å². The zero-order chi connectivity index (χ0) is 26.8. The number of fused-ring (bicyclic) bond motifs is 2. The molecule has 0 spiro atoms. The minimum atomic E-state index is -0.480. The van der Waals surface area contributed by atoms with Crippen LogP contribution in [0.2, 0.25) is 0 Å². The molecular weight excluding hydrogens is 492 g/mol. The maximum atomic E-state index is 13.2. The summed E-state index contributed by atoms with van der Waals surface area (Å²) in [6, 6.07) is 27.3. The molecule has 0 aliphatic carbocycles. The SMILES string of the molecule is COc1ccc(NC(=O)c2cc3ccccc3c(N=Nc3cc4ccccc4n3-c3ncccn3)c2O)cc1. The highest BCUT2D eigenvalue weighted by Crippen LogP contribution is 2.40. The third-order valence-corrected chi connectivity index (χ3v) is 6.28. The average Bonchev–Trinajstić information content (AvgIpc) is 3.35. The van der Waals surface area contributed by atoms with Crippen molar-refractivity contribution in [1.29, 1.82) is 0 Å². The number of nitrogens with one attached hydrogen (secondary N) is 1. The van der Waals surface area contributed by atoms with Crippen LogP contribution in [0.4, 0.5) is 17.2 Å². The van der Waals surface area contributed by atoms with Crippen LogP contribution in [0.25, 0.3) is 27.6 Å². The molecule has 0 atom stereocenters. The van der Waals surface area contributed by atoms with Crippen LogP contribution in [0.3, 0.4) is 0 Å². The second-order valence-corrected chi connectivity index (χ2v) is 8.67. The lowest BCUT2D eigenvalue weighted by atomic mass is 10.0. The van der Waals surface area contributed by atoms with Crippen LogP contribution in [0.1, 0.15) is 10.4 Å². The van der Waals surface area contributed by atoms with Crippen LogP contribution in [0, 0.1) is 0 Å². The Labute approximate surface area is 223 Å². The summed E-state index contributed by atoms with van der Waals surface area (Å²) < 4.78 is 6.97. The molecule has 0 bridgehead atoms. The number of anilines is 1. The number of carbonyl (C=O) groups is 1. The molecule has 2 N–H and O–H groups in total. The summed E-state index contributed by atoms with van der Waals surface area (Å²) in [5, 5.41) is 25.4. The first-order valence-electron chi connectivity index (χ1n) is 12.1. The molecule has 6 aromatic rings. The van der Waals surface area contributed by atoms with Crippen molar-refractivity contribution in [3.63, 3.8) is 0 Å². The predicted molar refractivity (Wildman–Crippen MR) is 150 cm³/mol. The second-order valence-electron chi connectivity index (χ2n) is 8.67. The molecule has 0 saturated carbocycles. The van der Waals surface area contributed by atoms with Crippen LogP contribution < -0.4 is 10.1 Å². The summed E-state index contributed by atoms with van der Waals surface area (Å²) in [7, 11) is 1.57. The number of phenolic OH excluding ortho intramolecular Hbond substituents is 1. The minimum Gasteiger partial charge on any atom is -0.505 e. The molecule has 0 aliphatic rings. The number of azo groups is 1. The molecule has 6 rings (SSSR count). The van der Waals surface area contributed by atoms with E-state index in [-0.39, 0.29) is 17.0 Å². The first-order chi connectivity index (χ1) is 19.1.